The minimum atomic E-state index is -0.451. The molecule has 150 valence electrons. The van der Waals surface area contributed by atoms with Crippen LogP contribution in [0.5, 0.6) is 0 Å². The predicted octanol–water partition coefficient (Wildman–Crippen LogP) is 4.46. The summed E-state index contributed by atoms with van der Waals surface area (Å²) < 4.78 is 5.44. The number of rotatable bonds is 5. The number of aryl methyl sites for hydroxylation is 1. The van der Waals surface area contributed by atoms with Gasteiger partial charge in [-0.05, 0) is 55.2 Å². The van der Waals surface area contributed by atoms with E-state index in [4.69, 9.17) is 9.72 Å². The molecule has 1 aromatic carbocycles. The van der Waals surface area contributed by atoms with Gasteiger partial charge in [-0.1, -0.05) is 31.2 Å². The zero-order valence-electron chi connectivity index (χ0n) is 16.6. The molecule has 1 aliphatic carbocycles. The van der Waals surface area contributed by atoms with Crippen molar-refractivity contribution in [2.45, 2.75) is 39.2 Å². The molecule has 0 aliphatic heterocycles. The van der Waals surface area contributed by atoms with Gasteiger partial charge in [0, 0.05) is 16.0 Å². The first-order valence-corrected chi connectivity index (χ1v) is 10.8. The second-order valence-electron chi connectivity index (χ2n) is 7.66. The third-order valence-electron chi connectivity index (χ3n) is 5.39. The van der Waals surface area contributed by atoms with Crippen molar-refractivity contribution in [3.63, 3.8) is 0 Å². The zero-order valence-corrected chi connectivity index (χ0v) is 17.4. The largest absolute Gasteiger partial charge is 0.452 e. The molecule has 29 heavy (non-hydrogen) atoms. The molecule has 0 spiro atoms. The zero-order chi connectivity index (χ0) is 20.4. The summed E-state index contributed by atoms with van der Waals surface area (Å²) in [7, 11) is 0. The molecule has 0 bridgehead atoms. The summed E-state index contributed by atoms with van der Waals surface area (Å²) in [6.45, 7) is 3.81. The lowest BCUT2D eigenvalue weighted by molar-refractivity contribution is -0.124. The first-order valence-electron chi connectivity index (χ1n) is 9.93. The van der Waals surface area contributed by atoms with Crippen LogP contribution in [0.3, 0.4) is 0 Å². The molecule has 4 rings (SSSR count). The summed E-state index contributed by atoms with van der Waals surface area (Å²) in [5, 5.41) is 5.64. The molecular weight excluding hydrogens is 384 g/mol. The van der Waals surface area contributed by atoms with Crippen LogP contribution in [-0.2, 0) is 22.4 Å². The molecule has 0 saturated carbocycles. The lowest BCUT2D eigenvalue weighted by atomic mass is 9.84. The number of benzene rings is 1. The Bertz CT molecular complexity index is 1050. The molecule has 0 radical (unpaired) electrons. The number of amides is 1. The third-order valence-corrected chi connectivity index (χ3v) is 6.45. The van der Waals surface area contributed by atoms with Crippen LogP contribution in [-0.4, -0.2) is 23.5 Å². The van der Waals surface area contributed by atoms with Crippen LogP contribution in [0.15, 0.2) is 41.8 Å². The number of ether oxygens (including phenoxy) is 1. The standard InChI is InChI=1S/C23H24N2O3S/c1-14-9-10-19-17(12-14)22(16-6-3-4-7-18(16)25-19)23(27)28-13-21(26)24-15(2)20-8-5-11-29-20/h3-8,11,14-15H,9-10,12-13H2,1-2H3,(H,24,26)/t14-,15+/m0/s1. The highest BCUT2D eigenvalue weighted by Gasteiger charge is 2.26. The maximum atomic E-state index is 13.0. The molecule has 5 nitrogen and oxygen atoms in total. The van der Waals surface area contributed by atoms with Gasteiger partial charge in [-0.15, -0.1) is 11.3 Å². The highest BCUT2D eigenvalue weighted by atomic mass is 32.1. The monoisotopic (exact) mass is 408 g/mol. The number of carbonyl (C=O) groups excluding carboxylic acids is 2. The van der Waals surface area contributed by atoms with Gasteiger partial charge in [-0.25, -0.2) is 4.79 Å². The molecule has 2 atom stereocenters. The SMILES string of the molecule is C[C@H]1CCc2nc3ccccc3c(C(=O)OCC(=O)N[C@H](C)c3cccs3)c2C1. The van der Waals surface area contributed by atoms with E-state index in [1.807, 2.05) is 48.7 Å². The fourth-order valence-electron chi connectivity index (χ4n) is 3.89. The fourth-order valence-corrected chi connectivity index (χ4v) is 4.63. The van der Waals surface area contributed by atoms with Crippen molar-refractivity contribution in [3.05, 3.63) is 63.5 Å². The van der Waals surface area contributed by atoms with Gasteiger partial charge in [-0.3, -0.25) is 9.78 Å². The third kappa shape index (κ3) is 4.17. The lowest BCUT2D eigenvalue weighted by Gasteiger charge is -2.24. The van der Waals surface area contributed by atoms with E-state index in [-0.39, 0.29) is 18.6 Å². The van der Waals surface area contributed by atoms with Crippen LogP contribution in [0.25, 0.3) is 10.9 Å². The van der Waals surface area contributed by atoms with E-state index in [2.05, 4.69) is 12.2 Å². The summed E-state index contributed by atoms with van der Waals surface area (Å²) in [4.78, 5) is 31.2. The number of nitrogens with one attached hydrogen (secondary N) is 1. The van der Waals surface area contributed by atoms with E-state index in [1.54, 1.807) is 11.3 Å². The Hall–Kier alpha value is -2.73. The van der Waals surface area contributed by atoms with Crippen LogP contribution >= 0.6 is 11.3 Å². The van der Waals surface area contributed by atoms with Crippen LogP contribution in [0.2, 0.25) is 0 Å². The minimum absolute atomic E-state index is 0.114. The second-order valence-corrected chi connectivity index (χ2v) is 8.64. The van der Waals surface area contributed by atoms with Crippen LogP contribution in [0.1, 0.15) is 52.8 Å². The topological polar surface area (TPSA) is 68.3 Å². The molecule has 0 saturated heterocycles. The molecule has 1 aliphatic rings. The Morgan fingerprint density at radius 2 is 2.10 bits per heavy atom. The summed E-state index contributed by atoms with van der Waals surface area (Å²) >= 11 is 1.58. The molecule has 2 aromatic heterocycles. The minimum Gasteiger partial charge on any atom is -0.452 e. The Morgan fingerprint density at radius 1 is 1.28 bits per heavy atom. The Morgan fingerprint density at radius 3 is 2.90 bits per heavy atom. The lowest BCUT2D eigenvalue weighted by Crippen LogP contribution is -2.31. The molecule has 2 heterocycles. The first-order chi connectivity index (χ1) is 14.0. The average molecular weight is 409 g/mol. The maximum Gasteiger partial charge on any atom is 0.339 e. The van der Waals surface area contributed by atoms with E-state index in [9.17, 15) is 9.59 Å². The summed E-state index contributed by atoms with van der Waals surface area (Å²) in [5.41, 5.74) is 3.31. The van der Waals surface area contributed by atoms with Crippen LogP contribution < -0.4 is 5.32 Å². The van der Waals surface area contributed by atoms with Crippen LogP contribution in [0, 0.1) is 5.92 Å². The van der Waals surface area contributed by atoms with Crippen molar-refractivity contribution in [3.8, 4) is 0 Å². The maximum absolute atomic E-state index is 13.0. The van der Waals surface area contributed by atoms with Gasteiger partial charge in [-0.2, -0.15) is 0 Å². The van der Waals surface area contributed by atoms with E-state index in [0.717, 1.165) is 46.3 Å². The van der Waals surface area contributed by atoms with Crippen molar-refractivity contribution >= 4 is 34.1 Å². The van der Waals surface area contributed by atoms with Crippen molar-refractivity contribution in [2.75, 3.05) is 6.61 Å². The van der Waals surface area contributed by atoms with Crippen LogP contribution in [0.4, 0.5) is 0 Å². The van der Waals surface area contributed by atoms with Crippen molar-refractivity contribution < 1.29 is 14.3 Å². The van der Waals surface area contributed by atoms with Gasteiger partial charge in [0.2, 0.25) is 0 Å². The van der Waals surface area contributed by atoms with Gasteiger partial charge in [0.1, 0.15) is 0 Å². The first kappa shape index (κ1) is 19.6. The van der Waals surface area contributed by atoms with Gasteiger partial charge >= 0.3 is 5.97 Å². The number of pyridine rings is 1. The van der Waals surface area contributed by atoms with Gasteiger partial charge < -0.3 is 10.1 Å². The Labute approximate surface area is 174 Å². The van der Waals surface area contributed by atoms with Gasteiger partial charge in [0.05, 0.1) is 17.1 Å². The fraction of sp³-hybridized carbons (Fsp3) is 0.348. The van der Waals surface area contributed by atoms with E-state index < -0.39 is 5.97 Å². The molecule has 0 unspecified atom stereocenters. The summed E-state index contributed by atoms with van der Waals surface area (Å²) in [6, 6.07) is 11.4. The van der Waals surface area contributed by atoms with Crippen molar-refractivity contribution in [1.29, 1.82) is 0 Å². The van der Waals surface area contributed by atoms with E-state index in [1.165, 1.54) is 0 Å². The smallest absolute Gasteiger partial charge is 0.339 e. The molecular formula is C23H24N2O3S. The van der Waals surface area contributed by atoms with E-state index >= 15 is 0 Å². The number of fused-ring (bicyclic) bond motifs is 2. The van der Waals surface area contributed by atoms with Gasteiger partial charge in [0.15, 0.2) is 6.61 Å². The average Bonchev–Trinajstić information content (AvgIpc) is 3.25. The number of hydrogen-bond donors (Lipinski definition) is 1. The normalized spacial score (nSPS) is 16.8. The highest BCUT2D eigenvalue weighted by Crippen LogP contribution is 2.32. The predicted molar refractivity (Wildman–Crippen MR) is 114 cm³/mol. The molecule has 0 fully saturated rings. The number of nitrogens with zero attached hydrogens (tertiary/aromatic N) is 1. The second kappa shape index (κ2) is 8.33. The van der Waals surface area contributed by atoms with Crippen molar-refractivity contribution in [1.82, 2.24) is 10.3 Å². The number of aromatic nitrogens is 1. The molecule has 1 amide bonds. The van der Waals surface area contributed by atoms with Crippen molar-refractivity contribution in [2.24, 2.45) is 5.92 Å². The Balaban J connectivity index is 1.54. The number of esters is 1. The molecule has 3 aromatic rings. The number of thiophene rings is 1. The number of carbonyl (C=O) groups is 2. The number of hydrogen-bond acceptors (Lipinski definition) is 5. The Kier molecular flexibility index (Phi) is 5.62. The van der Waals surface area contributed by atoms with E-state index in [0.29, 0.717) is 11.5 Å². The summed E-state index contributed by atoms with van der Waals surface area (Å²) in [6.07, 6.45) is 2.73. The highest BCUT2D eigenvalue weighted by molar-refractivity contribution is 7.10. The quantitative estimate of drug-likeness (QED) is 0.633. The molecule has 6 heteroatoms. The number of para-hydroxylation sites is 1. The molecule has 1 N–H and O–H groups in total. The van der Waals surface area contributed by atoms with Gasteiger partial charge in [0.25, 0.3) is 5.91 Å². The summed E-state index contributed by atoms with van der Waals surface area (Å²) in [5.74, 6) is -0.264.